The third kappa shape index (κ3) is 6.37. The zero-order valence-electron chi connectivity index (χ0n) is 12.2. The molecule has 6 heteroatoms. The molecule has 0 spiro atoms. The third-order valence-corrected chi connectivity index (χ3v) is 3.85. The Hall–Kier alpha value is -1.24. The van der Waals surface area contributed by atoms with Gasteiger partial charge in [0, 0.05) is 19.5 Å². The fourth-order valence-corrected chi connectivity index (χ4v) is 2.47. The highest BCUT2D eigenvalue weighted by Crippen LogP contribution is 2.01. The lowest BCUT2D eigenvalue weighted by Crippen LogP contribution is -3.14. The highest BCUT2D eigenvalue weighted by molar-refractivity contribution is 7.80. The minimum atomic E-state index is -0.218. The van der Waals surface area contributed by atoms with E-state index in [-0.39, 0.29) is 5.82 Å². The topological polar surface area (TPSA) is 37.7 Å². The first kappa shape index (κ1) is 16.1. The standard InChI is InChI=1S/C15H22FN3OS/c16-14-4-2-13(3-5-14)12-18-15(21)17-6-1-7-19-8-10-20-11-9-19/h2-5H,1,6-12H2,(H2,17,18,21)/p+1. The lowest BCUT2D eigenvalue weighted by atomic mass is 10.2. The number of hydrogen-bond acceptors (Lipinski definition) is 2. The zero-order valence-corrected chi connectivity index (χ0v) is 13.0. The molecule has 1 aromatic rings. The van der Waals surface area contributed by atoms with Crippen LogP contribution in [-0.4, -0.2) is 44.5 Å². The molecule has 0 bridgehead atoms. The van der Waals surface area contributed by atoms with Crippen LogP contribution < -0.4 is 15.5 Å². The van der Waals surface area contributed by atoms with Gasteiger partial charge in [0.2, 0.25) is 0 Å². The Labute approximate surface area is 130 Å². The van der Waals surface area contributed by atoms with Crippen LogP contribution in [0.4, 0.5) is 4.39 Å². The second-order valence-corrected chi connectivity index (χ2v) is 5.61. The number of ether oxygens (including phenoxy) is 1. The quantitative estimate of drug-likeness (QED) is 0.514. The molecule has 1 fully saturated rings. The lowest BCUT2D eigenvalue weighted by molar-refractivity contribution is -0.908. The van der Waals surface area contributed by atoms with E-state index in [2.05, 4.69) is 10.6 Å². The van der Waals surface area contributed by atoms with Crippen molar-refractivity contribution in [2.24, 2.45) is 0 Å². The first-order valence-electron chi connectivity index (χ1n) is 7.41. The number of hydrogen-bond donors (Lipinski definition) is 3. The van der Waals surface area contributed by atoms with E-state index in [0.29, 0.717) is 11.7 Å². The van der Waals surface area contributed by atoms with E-state index in [1.54, 1.807) is 17.0 Å². The number of nitrogens with one attached hydrogen (secondary N) is 3. The lowest BCUT2D eigenvalue weighted by Gasteiger charge is -2.23. The maximum Gasteiger partial charge on any atom is 0.166 e. The van der Waals surface area contributed by atoms with Crippen LogP contribution >= 0.6 is 12.2 Å². The molecule has 21 heavy (non-hydrogen) atoms. The van der Waals surface area contributed by atoms with Crippen molar-refractivity contribution in [3.05, 3.63) is 35.6 Å². The molecular formula is C15H23FN3OS+. The van der Waals surface area contributed by atoms with Gasteiger partial charge in [0.25, 0.3) is 0 Å². The third-order valence-electron chi connectivity index (χ3n) is 3.56. The van der Waals surface area contributed by atoms with Gasteiger partial charge in [-0.1, -0.05) is 12.1 Å². The van der Waals surface area contributed by atoms with Crippen LogP contribution in [0.2, 0.25) is 0 Å². The molecule has 1 saturated heterocycles. The predicted octanol–water partition coefficient (Wildman–Crippen LogP) is 0.0950. The van der Waals surface area contributed by atoms with Crippen LogP contribution in [0.15, 0.2) is 24.3 Å². The Morgan fingerprint density at radius 1 is 1.19 bits per heavy atom. The van der Waals surface area contributed by atoms with Crippen molar-refractivity contribution < 1.29 is 14.0 Å². The van der Waals surface area contributed by atoms with Crippen molar-refractivity contribution >= 4 is 17.3 Å². The summed E-state index contributed by atoms with van der Waals surface area (Å²) in [5.41, 5.74) is 1.01. The molecule has 0 aromatic heterocycles. The second-order valence-electron chi connectivity index (χ2n) is 5.20. The van der Waals surface area contributed by atoms with Gasteiger partial charge in [0.1, 0.15) is 18.9 Å². The van der Waals surface area contributed by atoms with Gasteiger partial charge in [0.15, 0.2) is 5.11 Å². The van der Waals surface area contributed by atoms with Gasteiger partial charge in [-0.2, -0.15) is 0 Å². The molecule has 1 aliphatic rings. The molecule has 1 aliphatic heterocycles. The summed E-state index contributed by atoms with van der Waals surface area (Å²) in [6, 6.07) is 6.43. The van der Waals surface area contributed by atoms with Crippen molar-refractivity contribution in [2.75, 3.05) is 39.4 Å². The maximum absolute atomic E-state index is 12.8. The Balaban J connectivity index is 1.54. The smallest absolute Gasteiger partial charge is 0.166 e. The molecule has 1 heterocycles. The minimum Gasteiger partial charge on any atom is -0.370 e. The number of halogens is 1. The Morgan fingerprint density at radius 2 is 1.90 bits per heavy atom. The summed E-state index contributed by atoms with van der Waals surface area (Å²) in [5, 5.41) is 6.98. The summed E-state index contributed by atoms with van der Waals surface area (Å²) >= 11 is 5.23. The Kier molecular flexibility index (Phi) is 6.85. The largest absolute Gasteiger partial charge is 0.370 e. The van der Waals surface area contributed by atoms with Crippen molar-refractivity contribution in [1.82, 2.24) is 10.6 Å². The van der Waals surface area contributed by atoms with E-state index in [1.165, 1.54) is 12.1 Å². The van der Waals surface area contributed by atoms with Crippen LogP contribution in [0.3, 0.4) is 0 Å². The first-order chi connectivity index (χ1) is 10.2. The van der Waals surface area contributed by atoms with Crippen molar-refractivity contribution in [3.8, 4) is 0 Å². The molecule has 0 atom stereocenters. The van der Waals surface area contributed by atoms with Gasteiger partial charge >= 0.3 is 0 Å². The molecule has 4 nitrogen and oxygen atoms in total. The van der Waals surface area contributed by atoms with Crippen LogP contribution in [-0.2, 0) is 11.3 Å². The number of morpholine rings is 1. The van der Waals surface area contributed by atoms with E-state index in [0.717, 1.165) is 51.4 Å². The van der Waals surface area contributed by atoms with Crippen molar-refractivity contribution in [2.45, 2.75) is 13.0 Å². The van der Waals surface area contributed by atoms with Crippen LogP contribution in [0.25, 0.3) is 0 Å². The SMILES string of the molecule is Fc1ccc(CNC(=S)NCCC[NH+]2CCOCC2)cc1. The number of thiocarbonyl (C=S) groups is 1. The molecule has 1 aromatic carbocycles. The van der Waals surface area contributed by atoms with Crippen molar-refractivity contribution in [3.63, 3.8) is 0 Å². The van der Waals surface area contributed by atoms with Gasteiger partial charge < -0.3 is 20.3 Å². The average Bonchev–Trinajstić information content (AvgIpc) is 2.52. The van der Waals surface area contributed by atoms with E-state index in [9.17, 15) is 4.39 Å². The normalized spacial score (nSPS) is 15.7. The second kappa shape index (κ2) is 8.92. The molecule has 0 radical (unpaired) electrons. The average molecular weight is 312 g/mol. The van der Waals surface area contributed by atoms with Gasteiger partial charge in [-0.15, -0.1) is 0 Å². The fourth-order valence-electron chi connectivity index (χ4n) is 2.30. The van der Waals surface area contributed by atoms with Crippen molar-refractivity contribution in [1.29, 1.82) is 0 Å². The highest BCUT2D eigenvalue weighted by Gasteiger charge is 2.12. The molecular weight excluding hydrogens is 289 g/mol. The van der Waals surface area contributed by atoms with Crippen LogP contribution in [0.1, 0.15) is 12.0 Å². The fraction of sp³-hybridized carbons (Fsp3) is 0.533. The number of rotatable bonds is 6. The maximum atomic E-state index is 12.8. The summed E-state index contributed by atoms with van der Waals surface area (Å²) in [6.45, 7) is 6.60. The summed E-state index contributed by atoms with van der Waals surface area (Å²) in [6.07, 6.45) is 1.09. The highest BCUT2D eigenvalue weighted by atomic mass is 32.1. The van der Waals surface area contributed by atoms with E-state index < -0.39 is 0 Å². The van der Waals surface area contributed by atoms with E-state index in [1.807, 2.05) is 0 Å². The molecule has 0 unspecified atom stereocenters. The Morgan fingerprint density at radius 3 is 2.62 bits per heavy atom. The van der Waals surface area contributed by atoms with Gasteiger partial charge in [-0.25, -0.2) is 4.39 Å². The molecule has 0 amide bonds. The minimum absolute atomic E-state index is 0.218. The van der Waals surface area contributed by atoms with Gasteiger partial charge in [-0.3, -0.25) is 0 Å². The van der Waals surface area contributed by atoms with E-state index in [4.69, 9.17) is 17.0 Å². The molecule has 0 aliphatic carbocycles. The summed E-state index contributed by atoms with van der Waals surface area (Å²) < 4.78 is 18.1. The van der Waals surface area contributed by atoms with Gasteiger partial charge in [-0.05, 0) is 29.9 Å². The summed E-state index contributed by atoms with van der Waals surface area (Å²) in [5.74, 6) is -0.218. The molecule has 2 rings (SSSR count). The molecule has 116 valence electrons. The molecule has 0 saturated carbocycles. The van der Waals surface area contributed by atoms with Crippen LogP contribution in [0, 0.1) is 5.82 Å². The Bertz CT molecular complexity index is 435. The van der Waals surface area contributed by atoms with Gasteiger partial charge in [0.05, 0.1) is 19.8 Å². The van der Waals surface area contributed by atoms with E-state index >= 15 is 0 Å². The number of benzene rings is 1. The predicted molar refractivity (Wildman–Crippen MR) is 84.8 cm³/mol. The first-order valence-corrected chi connectivity index (χ1v) is 7.82. The summed E-state index contributed by atoms with van der Waals surface area (Å²) in [4.78, 5) is 1.60. The monoisotopic (exact) mass is 312 g/mol. The summed E-state index contributed by atoms with van der Waals surface area (Å²) in [7, 11) is 0. The van der Waals surface area contributed by atoms with Crippen LogP contribution in [0.5, 0.6) is 0 Å². The zero-order chi connectivity index (χ0) is 14.9. The number of quaternary nitrogens is 1. The molecule has 3 N–H and O–H groups in total.